The SMILES string of the molecule is C.COc1ccccc1-c1cc(NC(=O)C2CCCN(C(=O)OCc3ccccc3)C2)nc(C)n1.COc1ccccc1-c1cc(NC(=O)C2CCCNC2)nc(C)n1.[CH2-]CC.[I][V][I]. The van der Waals surface area contributed by atoms with Gasteiger partial charge in [-0.2, -0.15) is 6.42 Å². The number of likely N-dealkylation sites (tertiary alicyclic amines) is 1. The number of aromatic nitrogens is 4. The number of anilines is 2. The number of methoxy groups -OCH3 is 2. The predicted molar refractivity (Wildman–Crippen MR) is 272 cm³/mol. The van der Waals surface area contributed by atoms with E-state index in [-0.39, 0.29) is 37.7 Å². The molecule has 2 saturated heterocycles. The Morgan fingerprint density at radius 2 is 1.25 bits per heavy atom. The van der Waals surface area contributed by atoms with Gasteiger partial charge in [-0.25, -0.2) is 24.7 Å². The molecular weight excluding hydrogens is 1090 g/mol. The molecule has 65 heavy (non-hydrogen) atoms. The zero-order chi connectivity index (χ0) is 46.3. The van der Waals surface area contributed by atoms with Gasteiger partial charge in [0.2, 0.25) is 11.8 Å². The van der Waals surface area contributed by atoms with E-state index in [1.165, 1.54) is 0 Å². The van der Waals surface area contributed by atoms with Crippen molar-refractivity contribution in [3.8, 4) is 34.0 Å². The maximum absolute atomic E-state index is 13.0. The Kier molecular flexibility index (Phi) is 25.4. The quantitative estimate of drug-likeness (QED) is 0.0899. The van der Waals surface area contributed by atoms with Gasteiger partial charge in [0.1, 0.15) is 41.4 Å². The molecule has 349 valence electrons. The Morgan fingerprint density at radius 1 is 0.769 bits per heavy atom. The average Bonchev–Trinajstić information content (AvgIpc) is 3.31. The van der Waals surface area contributed by atoms with E-state index in [9.17, 15) is 14.4 Å². The normalized spacial score (nSPS) is 15.0. The number of ether oxygens (including phenoxy) is 3. The second kappa shape index (κ2) is 30.0. The van der Waals surface area contributed by atoms with Crippen molar-refractivity contribution in [2.75, 3.05) is 51.0 Å². The molecule has 2 aliphatic heterocycles. The number of nitrogens with one attached hydrogen (secondary N) is 3. The molecule has 3 N–H and O–H groups in total. The first-order valence-electron chi connectivity index (χ1n) is 21.0. The van der Waals surface area contributed by atoms with Crippen molar-refractivity contribution in [1.29, 1.82) is 0 Å². The van der Waals surface area contributed by atoms with Gasteiger partial charge in [0.05, 0.1) is 37.4 Å². The van der Waals surface area contributed by atoms with E-state index in [0.29, 0.717) is 63.7 Å². The van der Waals surface area contributed by atoms with Crippen molar-refractivity contribution in [3.05, 3.63) is 115 Å². The molecule has 5 aromatic rings. The molecule has 17 heteroatoms. The third-order valence-electron chi connectivity index (χ3n) is 9.87. The number of benzene rings is 3. The Balaban J connectivity index is 0.000000317. The molecule has 3 amide bonds. The standard InChI is InChI=1S/C26H28N4O4.C18H22N4O2.C3H7.CH4.2HI.V/c1-18-27-22(21-12-6-7-13-23(21)33-2)15-24(28-18)29-25(31)20-11-8-14-30(16-20)26(32)34-17-19-9-4-3-5-10-19;1-12-20-15(14-7-3-4-8-16(14)24-2)10-17(21-12)22-18(23)13-6-5-9-19-11-13;1-3-2;;;;/h3-7,9-10,12-13,15,20H,8,11,14,16-17H2,1-2H3,(H,27,28,29,31);3-4,7-8,10,13,19H,5-6,9,11H2,1-2H3,(H,20,21,22,23);1,3H2,2H3;1H4;2*1H;/q;;-1;;;;+2/p-2. The van der Waals surface area contributed by atoms with E-state index in [4.69, 9.17) is 14.2 Å². The number of rotatable bonds is 10. The number of carbonyl (C=O) groups excluding carboxylic acids is 3. The Morgan fingerprint density at radius 3 is 1.74 bits per heavy atom. The summed E-state index contributed by atoms with van der Waals surface area (Å²) >= 11 is 4.74. The van der Waals surface area contributed by atoms with Gasteiger partial charge < -0.3 is 42.0 Å². The number of hydrogen-bond donors (Lipinski definition) is 3. The summed E-state index contributed by atoms with van der Waals surface area (Å²) in [6, 6.07) is 28.3. The number of hydrogen-bond acceptors (Lipinski definition) is 11. The number of halogens is 2. The van der Waals surface area contributed by atoms with Gasteiger partial charge in [0.25, 0.3) is 0 Å². The van der Waals surface area contributed by atoms with E-state index < -0.39 is 6.09 Å². The number of aryl methyl sites for hydroxylation is 2. The number of para-hydroxylation sites is 2. The second-order valence-electron chi connectivity index (χ2n) is 14.7. The van der Waals surface area contributed by atoms with Gasteiger partial charge >= 0.3 is 55.5 Å². The second-order valence-corrected chi connectivity index (χ2v) is 26.5. The van der Waals surface area contributed by atoms with E-state index in [1.807, 2.05) is 92.7 Å². The molecule has 0 bridgehead atoms. The van der Waals surface area contributed by atoms with Crippen LogP contribution in [0, 0.1) is 32.6 Å². The fourth-order valence-electron chi connectivity index (χ4n) is 6.95. The van der Waals surface area contributed by atoms with Gasteiger partial charge in [0, 0.05) is 42.9 Å². The van der Waals surface area contributed by atoms with Crippen molar-refractivity contribution in [2.45, 2.75) is 66.9 Å². The van der Waals surface area contributed by atoms with Crippen LogP contribution in [0.4, 0.5) is 16.4 Å². The summed E-state index contributed by atoms with van der Waals surface area (Å²) in [5, 5.41) is 9.09. The summed E-state index contributed by atoms with van der Waals surface area (Å²) in [6.45, 7) is 11.9. The van der Waals surface area contributed by atoms with Crippen LogP contribution in [0.2, 0.25) is 0 Å². The van der Waals surface area contributed by atoms with Crippen LogP contribution in [-0.4, -0.2) is 83.1 Å². The molecular formula is C48H61I2N8O6V-. The zero-order valence-electron chi connectivity index (χ0n) is 37.0. The molecule has 14 nitrogen and oxygen atoms in total. The van der Waals surface area contributed by atoms with Crippen LogP contribution < -0.4 is 25.4 Å². The summed E-state index contributed by atoms with van der Waals surface area (Å²) in [5.41, 5.74) is 4.01. The van der Waals surface area contributed by atoms with E-state index in [0.717, 1.165) is 66.9 Å². The summed E-state index contributed by atoms with van der Waals surface area (Å²) in [7, 11) is 3.86. The molecule has 0 radical (unpaired) electrons. The van der Waals surface area contributed by atoms with Crippen molar-refractivity contribution >= 4 is 69.5 Å². The van der Waals surface area contributed by atoms with Gasteiger partial charge in [-0.15, -0.1) is 0 Å². The minimum absolute atomic E-state index is 0. The summed E-state index contributed by atoms with van der Waals surface area (Å²) < 4.78 is 16.3. The van der Waals surface area contributed by atoms with E-state index in [2.05, 4.69) is 82.8 Å². The molecule has 7 rings (SSSR count). The molecule has 2 aromatic heterocycles. The average molecular weight is 1150 g/mol. The first kappa shape index (κ1) is 55.0. The number of nitrogens with zero attached hydrogens (tertiary/aromatic N) is 5. The molecule has 2 unspecified atom stereocenters. The molecule has 3 aromatic carbocycles. The predicted octanol–water partition coefficient (Wildman–Crippen LogP) is 10.5. The van der Waals surface area contributed by atoms with Crippen LogP contribution in [0.3, 0.4) is 0 Å². The van der Waals surface area contributed by atoms with Crippen LogP contribution in [-0.2, 0) is 30.4 Å². The van der Waals surface area contributed by atoms with Crippen LogP contribution in [0.25, 0.3) is 22.5 Å². The summed E-state index contributed by atoms with van der Waals surface area (Å²) in [6.07, 6.45) is 3.94. The fraction of sp³-hybridized carbons (Fsp3) is 0.375. The third-order valence-corrected chi connectivity index (χ3v) is 9.87. The molecule has 0 spiro atoms. The van der Waals surface area contributed by atoms with Crippen molar-refractivity contribution in [1.82, 2.24) is 30.2 Å². The number of amides is 3. The summed E-state index contributed by atoms with van der Waals surface area (Å²) in [4.78, 5) is 57.3. The minimum atomic E-state index is -0.405. The Hall–Kier alpha value is -4.37. The molecule has 2 atom stereocenters. The van der Waals surface area contributed by atoms with Gasteiger partial charge in [-0.3, -0.25) is 9.59 Å². The number of carbonyl (C=O) groups is 3. The topological polar surface area (TPSA) is 170 Å². The van der Waals surface area contributed by atoms with E-state index >= 15 is 0 Å². The zero-order valence-corrected chi connectivity index (χ0v) is 42.7. The first-order valence-corrected chi connectivity index (χ1v) is 30.0. The van der Waals surface area contributed by atoms with Crippen LogP contribution in [0.5, 0.6) is 11.5 Å². The van der Waals surface area contributed by atoms with Crippen molar-refractivity contribution in [3.63, 3.8) is 0 Å². The van der Waals surface area contributed by atoms with E-state index in [1.54, 1.807) is 38.2 Å². The van der Waals surface area contributed by atoms with Gasteiger partial charge in [-0.1, -0.05) is 68.9 Å². The van der Waals surface area contributed by atoms with Crippen molar-refractivity contribution in [2.24, 2.45) is 11.8 Å². The third kappa shape index (κ3) is 18.1. The molecule has 0 saturated carbocycles. The molecule has 0 aliphatic carbocycles. The molecule has 4 heterocycles. The first-order chi connectivity index (χ1) is 31.0. The van der Waals surface area contributed by atoms with Gasteiger partial charge in [0.15, 0.2) is 0 Å². The van der Waals surface area contributed by atoms with Gasteiger partial charge in [-0.05, 0) is 75.9 Å². The molecule has 2 aliphatic rings. The fourth-order valence-corrected chi connectivity index (χ4v) is 6.95. The van der Waals surface area contributed by atoms with Crippen molar-refractivity contribution < 1.29 is 38.1 Å². The monoisotopic (exact) mass is 1150 g/mol. The summed E-state index contributed by atoms with van der Waals surface area (Å²) in [5.74, 6) is 2.99. The Bertz CT molecular complexity index is 2230. The van der Waals surface area contributed by atoms with Crippen LogP contribution in [0.1, 0.15) is 63.7 Å². The maximum atomic E-state index is 13.0. The van der Waals surface area contributed by atoms with Crippen LogP contribution in [0.15, 0.2) is 91.0 Å². The number of piperidine rings is 2. The van der Waals surface area contributed by atoms with Crippen LogP contribution >= 0.6 is 40.0 Å². The Labute approximate surface area is 413 Å². The molecule has 2 fully saturated rings.